The molecule has 0 heterocycles. The van der Waals surface area contributed by atoms with Crippen molar-refractivity contribution in [3.8, 4) is 12.1 Å². The minimum absolute atomic E-state index is 0.309. The summed E-state index contributed by atoms with van der Waals surface area (Å²) >= 11 is 0. The molecule has 0 fully saturated rings. The predicted molar refractivity (Wildman–Crippen MR) is 70.7 cm³/mol. The second kappa shape index (κ2) is 4.55. The molecule has 0 radical (unpaired) electrons. The maximum Gasteiger partial charge on any atom is 0.237 e. The highest BCUT2D eigenvalue weighted by molar-refractivity contribution is 6.10. The van der Waals surface area contributed by atoms with Crippen LogP contribution in [0.15, 0.2) is 23.3 Å². The normalized spacial score (nSPS) is 14.2. The van der Waals surface area contributed by atoms with Gasteiger partial charge in [-0.2, -0.15) is 15.6 Å². The van der Waals surface area contributed by atoms with Gasteiger partial charge in [-0.05, 0) is 17.7 Å². The van der Waals surface area contributed by atoms with Crippen molar-refractivity contribution in [2.24, 2.45) is 5.10 Å². The van der Waals surface area contributed by atoms with Gasteiger partial charge in [0.2, 0.25) is 5.71 Å². The number of allylic oxidation sites excluding steroid dienone is 1. The molecule has 4 nitrogen and oxygen atoms in total. The Bertz CT molecular complexity index is 656. The number of hydrogen-bond acceptors (Lipinski definition) is 4. The van der Waals surface area contributed by atoms with Gasteiger partial charge in [0.25, 0.3) is 0 Å². The molecule has 0 aromatic heterocycles. The van der Waals surface area contributed by atoms with E-state index in [0.29, 0.717) is 11.3 Å². The van der Waals surface area contributed by atoms with Gasteiger partial charge in [0.15, 0.2) is 0 Å². The molecule has 0 atom stereocenters. The number of hydrazone groups is 1. The van der Waals surface area contributed by atoms with Crippen molar-refractivity contribution in [2.75, 3.05) is 5.43 Å². The molecule has 5 heteroatoms. The highest BCUT2D eigenvalue weighted by Gasteiger charge is 2.28. The summed E-state index contributed by atoms with van der Waals surface area (Å²) in [6.07, 6.45) is 3.78. The maximum atomic E-state index is 14.1. The Morgan fingerprint density at radius 1 is 1.32 bits per heavy atom. The van der Waals surface area contributed by atoms with Gasteiger partial charge in [0.1, 0.15) is 18.0 Å². The summed E-state index contributed by atoms with van der Waals surface area (Å²) in [5.41, 5.74) is 3.70. The summed E-state index contributed by atoms with van der Waals surface area (Å²) in [4.78, 5) is 0. The summed E-state index contributed by atoms with van der Waals surface area (Å²) in [5, 5.41) is 20.7. The van der Waals surface area contributed by atoms with E-state index in [4.69, 9.17) is 10.5 Å². The monoisotopic (exact) mass is 254 g/mol. The van der Waals surface area contributed by atoms with Gasteiger partial charge in [-0.25, -0.2) is 4.39 Å². The van der Waals surface area contributed by atoms with E-state index in [-0.39, 0.29) is 16.9 Å². The van der Waals surface area contributed by atoms with E-state index in [0.717, 1.165) is 5.56 Å². The second-order valence-electron chi connectivity index (χ2n) is 4.77. The van der Waals surface area contributed by atoms with Crippen LogP contribution >= 0.6 is 0 Å². The van der Waals surface area contributed by atoms with Crippen molar-refractivity contribution >= 4 is 17.5 Å². The Morgan fingerprint density at radius 3 is 2.63 bits per heavy atom. The number of benzene rings is 1. The Labute approximate surface area is 110 Å². The lowest BCUT2D eigenvalue weighted by Gasteiger charge is -2.19. The lowest BCUT2D eigenvalue weighted by Crippen LogP contribution is -2.13. The minimum atomic E-state index is -0.333. The van der Waals surface area contributed by atoms with Crippen LogP contribution in [0.3, 0.4) is 0 Å². The number of fused-ring (bicyclic) bond motifs is 1. The average molecular weight is 254 g/mol. The zero-order valence-corrected chi connectivity index (χ0v) is 10.5. The quantitative estimate of drug-likeness (QED) is 0.651. The summed E-state index contributed by atoms with van der Waals surface area (Å²) in [5.74, 6) is -0.333. The second-order valence-corrected chi connectivity index (χ2v) is 4.77. The third-order valence-corrected chi connectivity index (χ3v) is 2.95. The Hall–Kier alpha value is -2.66. The highest BCUT2D eigenvalue weighted by atomic mass is 19.1. The number of anilines is 1. The number of rotatable bonds is 2. The molecule has 1 aromatic rings. The van der Waals surface area contributed by atoms with Crippen LogP contribution in [0, 0.1) is 28.5 Å². The van der Waals surface area contributed by atoms with E-state index in [1.807, 2.05) is 26.0 Å². The standard InChI is InChI=1S/C14H11FN4/c1-14(2)4-3-9-5-10(6-12(15)13(9)14)18-19-11(7-16)8-17/h3-6,18H,1-2H3. The van der Waals surface area contributed by atoms with Crippen LogP contribution in [0.2, 0.25) is 0 Å². The lowest BCUT2D eigenvalue weighted by atomic mass is 9.86. The first kappa shape index (κ1) is 12.8. The minimum Gasteiger partial charge on any atom is -0.276 e. The van der Waals surface area contributed by atoms with Gasteiger partial charge in [0, 0.05) is 11.0 Å². The number of nitrogens with one attached hydrogen (secondary N) is 1. The molecule has 19 heavy (non-hydrogen) atoms. The van der Waals surface area contributed by atoms with Crippen LogP contribution in [0.5, 0.6) is 0 Å². The third-order valence-electron chi connectivity index (χ3n) is 2.95. The molecule has 2 rings (SSSR count). The van der Waals surface area contributed by atoms with Crippen molar-refractivity contribution < 1.29 is 4.39 Å². The number of nitrogens with zero attached hydrogens (tertiary/aromatic N) is 3. The molecule has 1 N–H and O–H groups in total. The fourth-order valence-corrected chi connectivity index (χ4v) is 2.08. The first-order valence-electron chi connectivity index (χ1n) is 5.65. The topological polar surface area (TPSA) is 72.0 Å². The summed E-state index contributed by atoms with van der Waals surface area (Å²) in [6.45, 7) is 3.88. The van der Waals surface area contributed by atoms with Crippen molar-refractivity contribution in [1.82, 2.24) is 0 Å². The molecule has 0 saturated heterocycles. The molecule has 0 amide bonds. The molecular weight excluding hydrogens is 243 g/mol. The van der Waals surface area contributed by atoms with Crippen molar-refractivity contribution in [3.63, 3.8) is 0 Å². The molecule has 0 aliphatic heterocycles. The van der Waals surface area contributed by atoms with E-state index >= 15 is 0 Å². The third kappa shape index (κ3) is 2.31. The van der Waals surface area contributed by atoms with Gasteiger partial charge in [-0.15, -0.1) is 0 Å². The molecule has 1 aliphatic carbocycles. The van der Waals surface area contributed by atoms with E-state index in [9.17, 15) is 4.39 Å². The van der Waals surface area contributed by atoms with Gasteiger partial charge >= 0.3 is 0 Å². The SMILES string of the molecule is CC1(C)C=Cc2cc(NN=C(C#N)C#N)cc(F)c21. The van der Waals surface area contributed by atoms with Crippen LogP contribution in [0.4, 0.5) is 10.1 Å². The summed E-state index contributed by atoms with van der Waals surface area (Å²) in [6, 6.07) is 6.29. The molecule has 0 spiro atoms. The van der Waals surface area contributed by atoms with Gasteiger partial charge in [-0.3, -0.25) is 5.43 Å². The van der Waals surface area contributed by atoms with E-state index in [1.165, 1.54) is 6.07 Å². The van der Waals surface area contributed by atoms with Crippen LogP contribution in [0.1, 0.15) is 25.0 Å². The highest BCUT2D eigenvalue weighted by Crippen LogP contribution is 2.38. The van der Waals surface area contributed by atoms with Crippen LogP contribution in [0.25, 0.3) is 6.08 Å². The zero-order chi connectivity index (χ0) is 14.0. The van der Waals surface area contributed by atoms with Crippen molar-refractivity contribution in [2.45, 2.75) is 19.3 Å². The number of hydrogen-bond donors (Lipinski definition) is 1. The van der Waals surface area contributed by atoms with Crippen molar-refractivity contribution in [3.05, 3.63) is 35.2 Å². The largest absolute Gasteiger partial charge is 0.276 e. The van der Waals surface area contributed by atoms with E-state index < -0.39 is 0 Å². The van der Waals surface area contributed by atoms with E-state index in [1.54, 1.807) is 18.2 Å². The van der Waals surface area contributed by atoms with E-state index in [2.05, 4.69) is 10.5 Å². The Balaban J connectivity index is 2.36. The maximum absolute atomic E-state index is 14.1. The lowest BCUT2D eigenvalue weighted by molar-refractivity contribution is 0.565. The Kier molecular flexibility index (Phi) is 3.06. The fourth-order valence-electron chi connectivity index (χ4n) is 2.08. The summed E-state index contributed by atoms with van der Waals surface area (Å²) in [7, 11) is 0. The molecular formula is C14H11FN4. The van der Waals surface area contributed by atoms with Gasteiger partial charge in [-0.1, -0.05) is 26.0 Å². The number of nitriles is 2. The number of halogens is 1. The molecule has 0 saturated carbocycles. The predicted octanol–water partition coefficient (Wildman–Crippen LogP) is 2.95. The molecule has 1 aliphatic rings. The molecule has 1 aromatic carbocycles. The average Bonchev–Trinajstić information content (AvgIpc) is 2.67. The van der Waals surface area contributed by atoms with Gasteiger partial charge < -0.3 is 0 Å². The van der Waals surface area contributed by atoms with Crippen molar-refractivity contribution in [1.29, 1.82) is 10.5 Å². The van der Waals surface area contributed by atoms with Crippen LogP contribution < -0.4 is 5.43 Å². The Morgan fingerprint density at radius 2 is 2.00 bits per heavy atom. The summed E-state index contributed by atoms with van der Waals surface area (Å²) < 4.78 is 14.1. The molecule has 0 unspecified atom stereocenters. The van der Waals surface area contributed by atoms with Crippen LogP contribution in [-0.2, 0) is 5.41 Å². The molecule has 0 bridgehead atoms. The fraction of sp³-hybridized carbons (Fsp3) is 0.214. The molecule has 94 valence electrons. The van der Waals surface area contributed by atoms with Crippen LogP contribution in [-0.4, -0.2) is 5.71 Å². The van der Waals surface area contributed by atoms with Gasteiger partial charge in [0.05, 0.1) is 5.69 Å². The zero-order valence-electron chi connectivity index (χ0n) is 10.5. The smallest absolute Gasteiger partial charge is 0.237 e. The first-order valence-corrected chi connectivity index (χ1v) is 5.65. The first-order chi connectivity index (χ1) is 8.97.